The van der Waals surface area contributed by atoms with Crippen molar-refractivity contribution in [3.8, 4) is 11.3 Å². The van der Waals surface area contributed by atoms with E-state index in [2.05, 4.69) is 16.1 Å². The van der Waals surface area contributed by atoms with Crippen molar-refractivity contribution < 1.29 is 18.8 Å². The summed E-state index contributed by atoms with van der Waals surface area (Å²) >= 11 is 13.0. The van der Waals surface area contributed by atoms with Gasteiger partial charge in [0.1, 0.15) is 17.3 Å². The molecule has 3 fully saturated rings. The largest absolute Gasteiger partial charge is 0.465 e. The first-order valence-corrected chi connectivity index (χ1v) is 14.5. The zero-order chi connectivity index (χ0) is 27.5. The Morgan fingerprint density at radius 3 is 2.55 bits per heavy atom. The van der Waals surface area contributed by atoms with Crippen LogP contribution in [0.1, 0.15) is 53.3 Å². The van der Waals surface area contributed by atoms with Crippen LogP contribution in [0.25, 0.3) is 22.2 Å². The third-order valence-electron chi connectivity index (χ3n) is 8.73. The number of esters is 1. The molecule has 1 aromatic carbocycles. The fourth-order valence-corrected chi connectivity index (χ4v) is 7.11. The van der Waals surface area contributed by atoms with Gasteiger partial charge in [-0.2, -0.15) is 0 Å². The van der Waals surface area contributed by atoms with Crippen LogP contribution < -0.4 is 4.90 Å². The highest BCUT2D eigenvalue weighted by Crippen LogP contribution is 2.47. The monoisotopic (exact) mass is 580 g/mol. The molecule has 3 atom stereocenters. The highest BCUT2D eigenvalue weighted by molar-refractivity contribution is 6.39. The number of carbonyl (C=O) groups excluding carboxylic acids is 1. The van der Waals surface area contributed by atoms with E-state index in [-0.39, 0.29) is 12.1 Å². The Hall–Kier alpha value is -3.07. The van der Waals surface area contributed by atoms with E-state index in [0.29, 0.717) is 51.2 Å². The normalized spacial score (nSPS) is 22.3. The van der Waals surface area contributed by atoms with Crippen molar-refractivity contribution in [3.05, 3.63) is 63.6 Å². The molecule has 1 unspecified atom stereocenters. The number of anilines is 1. The summed E-state index contributed by atoms with van der Waals surface area (Å²) in [6.45, 7) is 2.32. The van der Waals surface area contributed by atoms with Gasteiger partial charge >= 0.3 is 5.97 Å². The van der Waals surface area contributed by atoms with Crippen LogP contribution in [0, 0.1) is 11.8 Å². The Bertz CT molecular complexity index is 1580. The lowest BCUT2D eigenvalue weighted by Crippen LogP contribution is -2.24. The number of aryl methyl sites for hydroxylation is 1. The molecular formula is C30H30Cl2N4O4. The lowest BCUT2D eigenvalue weighted by Gasteiger charge is -2.21. The van der Waals surface area contributed by atoms with Crippen LogP contribution in [0.5, 0.6) is 0 Å². The molecule has 208 valence electrons. The number of methoxy groups -OCH3 is 1. The maximum Gasteiger partial charge on any atom is 0.340 e. The average Bonchev–Trinajstić information content (AvgIpc) is 3.24. The van der Waals surface area contributed by atoms with E-state index in [0.717, 1.165) is 66.8 Å². The van der Waals surface area contributed by atoms with Gasteiger partial charge < -0.3 is 23.5 Å². The van der Waals surface area contributed by atoms with Gasteiger partial charge in [-0.1, -0.05) is 34.4 Å². The summed E-state index contributed by atoms with van der Waals surface area (Å²) in [5.41, 5.74) is 3.88. The molecule has 10 heteroatoms. The summed E-state index contributed by atoms with van der Waals surface area (Å²) in [5, 5.41) is 6.32. The van der Waals surface area contributed by atoms with Crippen LogP contribution in [0.4, 0.5) is 5.82 Å². The van der Waals surface area contributed by atoms with Crippen molar-refractivity contribution in [2.24, 2.45) is 18.9 Å². The molecule has 0 N–H and O–H groups in total. The van der Waals surface area contributed by atoms with Gasteiger partial charge in [-0.05, 0) is 49.7 Å². The molecule has 7 rings (SSSR count). The second kappa shape index (κ2) is 10.1. The van der Waals surface area contributed by atoms with E-state index in [4.69, 9.17) is 42.2 Å². The third kappa shape index (κ3) is 4.46. The van der Waals surface area contributed by atoms with Crippen molar-refractivity contribution in [3.63, 3.8) is 0 Å². The van der Waals surface area contributed by atoms with Crippen LogP contribution in [-0.2, 0) is 23.1 Å². The second-order valence-corrected chi connectivity index (χ2v) is 12.1. The van der Waals surface area contributed by atoms with Gasteiger partial charge in [-0.3, -0.25) is 0 Å². The zero-order valence-corrected chi connectivity index (χ0v) is 23.9. The summed E-state index contributed by atoms with van der Waals surface area (Å²) in [4.78, 5) is 19.2. The number of ether oxygens (including phenoxy) is 2. The lowest BCUT2D eigenvalue weighted by atomic mass is 10.0. The van der Waals surface area contributed by atoms with Crippen molar-refractivity contribution in [2.75, 3.05) is 25.1 Å². The summed E-state index contributed by atoms with van der Waals surface area (Å²) in [6, 6.07) is 7.56. The minimum Gasteiger partial charge on any atom is -0.465 e. The number of hydrogen-bond acceptors (Lipinski definition) is 7. The maximum absolute atomic E-state index is 12.1. The first-order valence-electron chi connectivity index (χ1n) is 13.7. The number of aromatic nitrogens is 3. The number of fused-ring (bicyclic) bond motifs is 2. The Morgan fingerprint density at radius 1 is 1.15 bits per heavy atom. The molecule has 0 amide bonds. The zero-order valence-electron chi connectivity index (χ0n) is 22.4. The molecule has 40 heavy (non-hydrogen) atoms. The Balaban J connectivity index is 1.04. The fourth-order valence-electron chi connectivity index (χ4n) is 6.53. The van der Waals surface area contributed by atoms with Gasteiger partial charge in [0.25, 0.3) is 0 Å². The van der Waals surface area contributed by atoms with E-state index in [1.165, 1.54) is 7.11 Å². The van der Waals surface area contributed by atoms with Gasteiger partial charge in [-0.15, -0.1) is 0 Å². The topological polar surface area (TPSA) is 82.6 Å². The summed E-state index contributed by atoms with van der Waals surface area (Å²) in [6.07, 6.45) is 7.99. The lowest BCUT2D eigenvalue weighted by molar-refractivity contribution is 0.0402. The predicted octanol–water partition coefficient (Wildman–Crippen LogP) is 6.63. The predicted molar refractivity (Wildman–Crippen MR) is 153 cm³/mol. The van der Waals surface area contributed by atoms with Gasteiger partial charge in [-0.25, -0.2) is 9.78 Å². The number of carbonyl (C=O) groups is 1. The minimum atomic E-state index is -0.348. The molecule has 0 radical (unpaired) electrons. The quantitative estimate of drug-likeness (QED) is 0.227. The van der Waals surface area contributed by atoms with Crippen LogP contribution in [0.2, 0.25) is 10.0 Å². The van der Waals surface area contributed by atoms with Gasteiger partial charge in [0.2, 0.25) is 0 Å². The van der Waals surface area contributed by atoms with Gasteiger partial charge in [0, 0.05) is 61.0 Å². The summed E-state index contributed by atoms with van der Waals surface area (Å²) in [7, 11) is 3.34. The Kier molecular flexibility index (Phi) is 6.52. The number of pyridine rings is 1. The summed E-state index contributed by atoms with van der Waals surface area (Å²) in [5.74, 6) is 2.99. The van der Waals surface area contributed by atoms with Crippen molar-refractivity contribution in [2.45, 2.75) is 44.3 Å². The van der Waals surface area contributed by atoms with Crippen molar-refractivity contribution in [1.82, 2.24) is 14.7 Å². The molecule has 3 aromatic heterocycles. The Morgan fingerprint density at radius 2 is 1.88 bits per heavy atom. The molecule has 1 saturated heterocycles. The molecule has 4 aromatic rings. The van der Waals surface area contributed by atoms with Crippen molar-refractivity contribution >= 4 is 45.9 Å². The molecule has 0 spiro atoms. The van der Waals surface area contributed by atoms with Crippen LogP contribution >= 0.6 is 23.2 Å². The molecular weight excluding hydrogens is 551 g/mol. The van der Waals surface area contributed by atoms with E-state index in [1.807, 2.05) is 29.8 Å². The van der Waals surface area contributed by atoms with Crippen LogP contribution in [0.15, 0.2) is 41.2 Å². The number of rotatable bonds is 7. The number of nitrogens with zero attached hydrogens (tertiary/aromatic N) is 4. The Labute approximate surface area is 242 Å². The van der Waals surface area contributed by atoms with E-state index in [9.17, 15) is 4.79 Å². The van der Waals surface area contributed by atoms with E-state index in [1.54, 1.807) is 12.4 Å². The number of hydrogen-bond donors (Lipinski definition) is 0. The van der Waals surface area contributed by atoms with Crippen LogP contribution in [0.3, 0.4) is 0 Å². The van der Waals surface area contributed by atoms with E-state index >= 15 is 0 Å². The third-order valence-corrected chi connectivity index (χ3v) is 9.36. The standard InChI is InChI=1S/C30H30Cl2N4O4/c1-35-14-21(30(37)38-2)20-11-33-26(10-25(20)35)36-12-17-8-19(9-18(17)13-36)39-15-22-28(34-40-29(22)16-6-7-16)27-23(31)4-3-5-24(27)32/h3-5,10-11,14,16-19H,6-9,12-13,15H2,1-2H3/t17-,18?,19+/m0/s1. The maximum atomic E-state index is 12.1. The second-order valence-electron chi connectivity index (χ2n) is 11.3. The van der Waals surface area contributed by atoms with Gasteiger partial charge in [0.05, 0.1) is 40.9 Å². The molecule has 0 bridgehead atoms. The molecule has 2 aliphatic carbocycles. The minimum absolute atomic E-state index is 0.180. The molecule has 8 nitrogen and oxygen atoms in total. The number of benzene rings is 1. The molecule has 4 heterocycles. The average molecular weight is 582 g/mol. The van der Waals surface area contributed by atoms with E-state index < -0.39 is 0 Å². The number of halogens is 2. The molecule has 3 aliphatic rings. The first-order chi connectivity index (χ1) is 19.4. The SMILES string of the molecule is COC(=O)c1cn(C)c2cc(N3CC4C[C@H](OCc5c(-c6c(Cl)cccc6Cl)noc5C5CC5)C[C@H]4C3)ncc12. The highest BCUT2D eigenvalue weighted by atomic mass is 35.5. The van der Waals surface area contributed by atoms with Gasteiger partial charge in [0.15, 0.2) is 0 Å². The first kappa shape index (κ1) is 25.9. The smallest absolute Gasteiger partial charge is 0.340 e. The molecule has 1 aliphatic heterocycles. The van der Waals surface area contributed by atoms with Crippen LogP contribution in [-0.4, -0.2) is 47.0 Å². The fraction of sp³-hybridized carbons (Fsp3) is 0.433. The summed E-state index contributed by atoms with van der Waals surface area (Å²) < 4.78 is 19.2. The highest BCUT2D eigenvalue weighted by Gasteiger charge is 2.42. The van der Waals surface area contributed by atoms with Crippen molar-refractivity contribution in [1.29, 1.82) is 0 Å². The molecule has 2 saturated carbocycles.